The SMILES string of the molecule is CCn1cc(NC(=O)NCc2ncccc2C)cn1. The first-order valence-corrected chi connectivity index (χ1v) is 6.17. The van der Waals surface area contributed by atoms with Gasteiger partial charge in [0, 0.05) is 18.9 Å². The molecule has 0 spiro atoms. The number of aromatic nitrogens is 3. The number of hydrogen-bond donors (Lipinski definition) is 2. The van der Waals surface area contributed by atoms with Gasteiger partial charge in [0.05, 0.1) is 24.1 Å². The first kappa shape index (κ1) is 13.1. The van der Waals surface area contributed by atoms with Gasteiger partial charge in [-0.3, -0.25) is 9.67 Å². The maximum atomic E-state index is 11.7. The molecule has 2 aromatic heterocycles. The molecule has 6 heteroatoms. The molecule has 19 heavy (non-hydrogen) atoms. The molecule has 2 amide bonds. The van der Waals surface area contributed by atoms with Crippen LogP contribution in [-0.4, -0.2) is 20.8 Å². The number of nitrogens with one attached hydrogen (secondary N) is 2. The lowest BCUT2D eigenvalue weighted by molar-refractivity contribution is 0.251. The van der Waals surface area contributed by atoms with Crippen LogP contribution >= 0.6 is 0 Å². The highest BCUT2D eigenvalue weighted by Crippen LogP contribution is 2.05. The fraction of sp³-hybridized carbons (Fsp3) is 0.308. The molecule has 2 N–H and O–H groups in total. The largest absolute Gasteiger partial charge is 0.332 e. The summed E-state index contributed by atoms with van der Waals surface area (Å²) >= 11 is 0. The number of urea groups is 1. The van der Waals surface area contributed by atoms with E-state index < -0.39 is 0 Å². The van der Waals surface area contributed by atoms with E-state index in [1.54, 1.807) is 23.3 Å². The van der Waals surface area contributed by atoms with Gasteiger partial charge >= 0.3 is 6.03 Å². The highest BCUT2D eigenvalue weighted by atomic mass is 16.2. The smallest absolute Gasteiger partial charge is 0.319 e. The van der Waals surface area contributed by atoms with Gasteiger partial charge in [0.1, 0.15) is 0 Å². The average molecular weight is 259 g/mol. The van der Waals surface area contributed by atoms with E-state index in [1.807, 2.05) is 26.0 Å². The summed E-state index contributed by atoms with van der Waals surface area (Å²) in [6.07, 6.45) is 5.12. The second kappa shape index (κ2) is 5.99. The fourth-order valence-electron chi connectivity index (χ4n) is 1.64. The van der Waals surface area contributed by atoms with Crippen molar-refractivity contribution in [1.82, 2.24) is 20.1 Å². The maximum absolute atomic E-state index is 11.7. The molecule has 2 heterocycles. The van der Waals surface area contributed by atoms with Crippen LogP contribution in [0.4, 0.5) is 10.5 Å². The third-order valence-corrected chi connectivity index (χ3v) is 2.75. The second-order valence-electron chi connectivity index (χ2n) is 4.16. The van der Waals surface area contributed by atoms with Gasteiger partial charge in [0.25, 0.3) is 0 Å². The van der Waals surface area contributed by atoms with Gasteiger partial charge in [-0.15, -0.1) is 0 Å². The molecule has 0 bridgehead atoms. The highest BCUT2D eigenvalue weighted by molar-refractivity contribution is 5.88. The Balaban J connectivity index is 1.86. The number of carbonyl (C=O) groups is 1. The number of nitrogens with zero attached hydrogens (tertiary/aromatic N) is 3. The minimum Gasteiger partial charge on any atom is -0.332 e. The Kier molecular flexibility index (Phi) is 4.12. The Labute approximate surface area is 111 Å². The van der Waals surface area contributed by atoms with E-state index in [4.69, 9.17) is 0 Å². The van der Waals surface area contributed by atoms with Gasteiger partial charge in [0.2, 0.25) is 0 Å². The van der Waals surface area contributed by atoms with Crippen molar-refractivity contribution in [3.8, 4) is 0 Å². The van der Waals surface area contributed by atoms with Crippen molar-refractivity contribution < 1.29 is 4.79 Å². The van der Waals surface area contributed by atoms with Crippen molar-refractivity contribution in [1.29, 1.82) is 0 Å². The van der Waals surface area contributed by atoms with E-state index in [0.29, 0.717) is 12.2 Å². The van der Waals surface area contributed by atoms with Crippen molar-refractivity contribution in [3.05, 3.63) is 42.0 Å². The zero-order chi connectivity index (χ0) is 13.7. The molecule has 0 aliphatic carbocycles. The van der Waals surface area contributed by atoms with Crippen molar-refractivity contribution >= 4 is 11.7 Å². The molecule has 0 saturated carbocycles. The lowest BCUT2D eigenvalue weighted by Gasteiger charge is -2.07. The van der Waals surface area contributed by atoms with Gasteiger partial charge in [-0.2, -0.15) is 5.10 Å². The number of pyridine rings is 1. The van der Waals surface area contributed by atoms with Crippen LogP contribution in [0.3, 0.4) is 0 Å². The number of amides is 2. The zero-order valence-corrected chi connectivity index (χ0v) is 11.1. The first-order valence-electron chi connectivity index (χ1n) is 6.17. The monoisotopic (exact) mass is 259 g/mol. The van der Waals surface area contributed by atoms with Crippen LogP contribution in [0, 0.1) is 6.92 Å². The molecule has 0 aliphatic rings. The van der Waals surface area contributed by atoms with Gasteiger partial charge in [-0.25, -0.2) is 4.79 Å². The predicted molar refractivity (Wildman–Crippen MR) is 72.7 cm³/mol. The van der Waals surface area contributed by atoms with Gasteiger partial charge in [0.15, 0.2) is 0 Å². The number of rotatable bonds is 4. The summed E-state index contributed by atoms with van der Waals surface area (Å²) in [7, 11) is 0. The Bertz CT molecular complexity index is 564. The van der Waals surface area contributed by atoms with Gasteiger partial charge < -0.3 is 10.6 Å². The van der Waals surface area contributed by atoms with E-state index in [9.17, 15) is 4.79 Å². The lowest BCUT2D eigenvalue weighted by atomic mass is 10.2. The summed E-state index contributed by atoms with van der Waals surface area (Å²) in [6, 6.07) is 3.58. The van der Waals surface area contributed by atoms with E-state index in [1.165, 1.54) is 0 Å². The number of aryl methyl sites for hydroxylation is 2. The summed E-state index contributed by atoms with van der Waals surface area (Å²) in [5.41, 5.74) is 2.60. The summed E-state index contributed by atoms with van der Waals surface area (Å²) < 4.78 is 1.75. The summed E-state index contributed by atoms with van der Waals surface area (Å²) in [5.74, 6) is 0. The Hall–Kier alpha value is -2.37. The number of carbonyl (C=O) groups excluding carboxylic acids is 1. The average Bonchev–Trinajstić information content (AvgIpc) is 2.85. The van der Waals surface area contributed by atoms with Crippen LogP contribution in [0.5, 0.6) is 0 Å². The fourth-order valence-corrected chi connectivity index (χ4v) is 1.64. The predicted octanol–water partition coefficient (Wildman–Crippen LogP) is 1.93. The number of anilines is 1. The van der Waals surface area contributed by atoms with Crippen LogP contribution in [-0.2, 0) is 13.1 Å². The van der Waals surface area contributed by atoms with Crippen molar-refractivity contribution in [3.63, 3.8) is 0 Å². The molecule has 0 unspecified atom stereocenters. The van der Waals surface area contributed by atoms with E-state index in [2.05, 4.69) is 20.7 Å². The molecule has 0 atom stereocenters. The van der Waals surface area contributed by atoms with E-state index in [0.717, 1.165) is 17.8 Å². The molecular weight excluding hydrogens is 242 g/mol. The molecule has 0 aliphatic heterocycles. The van der Waals surface area contributed by atoms with Crippen LogP contribution in [0.2, 0.25) is 0 Å². The summed E-state index contributed by atoms with van der Waals surface area (Å²) in [5, 5.41) is 9.57. The minimum absolute atomic E-state index is 0.263. The Morgan fingerprint density at radius 3 is 3.00 bits per heavy atom. The molecule has 2 aromatic rings. The van der Waals surface area contributed by atoms with Crippen molar-refractivity contribution in [2.45, 2.75) is 26.9 Å². The third-order valence-electron chi connectivity index (χ3n) is 2.75. The Morgan fingerprint density at radius 1 is 1.47 bits per heavy atom. The molecule has 0 saturated heterocycles. The van der Waals surface area contributed by atoms with Gasteiger partial charge in [-0.05, 0) is 25.5 Å². The maximum Gasteiger partial charge on any atom is 0.319 e. The standard InChI is InChI=1S/C13H17N5O/c1-3-18-9-11(7-16-18)17-13(19)15-8-12-10(2)5-4-6-14-12/h4-7,9H,3,8H2,1-2H3,(H2,15,17,19). The van der Waals surface area contributed by atoms with Crippen LogP contribution in [0.15, 0.2) is 30.7 Å². The molecule has 100 valence electrons. The summed E-state index contributed by atoms with van der Waals surface area (Å²) in [6.45, 7) is 5.13. The molecule has 0 fully saturated rings. The molecule has 2 rings (SSSR count). The number of hydrogen-bond acceptors (Lipinski definition) is 3. The minimum atomic E-state index is -0.263. The summed E-state index contributed by atoms with van der Waals surface area (Å²) in [4.78, 5) is 15.9. The van der Waals surface area contributed by atoms with Crippen LogP contribution in [0.25, 0.3) is 0 Å². The molecule has 0 radical (unpaired) electrons. The molecule has 6 nitrogen and oxygen atoms in total. The second-order valence-corrected chi connectivity index (χ2v) is 4.16. The zero-order valence-electron chi connectivity index (χ0n) is 11.1. The molecular formula is C13H17N5O. The normalized spacial score (nSPS) is 10.2. The Morgan fingerprint density at radius 2 is 2.32 bits per heavy atom. The highest BCUT2D eigenvalue weighted by Gasteiger charge is 2.05. The van der Waals surface area contributed by atoms with Crippen molar-refractivity contribution in [2.75, 3.05) is 5.32 Å². The van der Waals surface area contributed by atoms with Crippen LogP contribution < -0.4 is 10.6 Å². The van der Waals surface area contributed by atoms with Gasteiger partial charge in [-0.1, -0.05) is 6.07 Å². The van der Waals surface area contributed by atoms with E-state index in [-0.39, 0.29) is 6.03 Å². The van der Waals surface area contributed by atoms with Crippen molar-refractivity contribution in [2.24, 2.45) is 0 Å². The first-order chi connectivity index (χ1) is 9.19. The van der Waals surface area contributed by atoms with Crippen LogP contribution in [0.1, 0.15) is 18.2 Å². The third kappa shape index (κ3) is 3.54. The quantitative estimate of drug-likeness (QED) is 0.881. The van der Waals surface area contributed by atoms with E-state index >= 15 is 0 Å². The molecule has 0 aromatic carbocycles. The topological polar surface area (TPSA) is 71.8 Å². The lowest BCUT2D eigenvalue weighted by Crippen LogP contribution is -2.28.